The van der Waals surface area contributed by atoms with Gasteiger partial charge < -0.3 is 10.0 Å². The molecule has 2 heterocycles. The zero-order valence-electron chi connectivity index (χ0n) is 15.4. The summed E-state index contributed by atoms with van der Waals surface area (Å²) in [6, 6.07) is -0.119. The highest BCUT2D eigenvalue weighted by molar-refractivity contribution is 7.91. The van der Waals surface area contributed by atoms with Crippen LogP contribution in [0.5, 0.6) is 0 Å². The zero-order valence-corrected chi connectivity index (χ0v) is 16.2. The molecule has 8 nitrogen and oxygen atoms in total. The van der Waals surface area contributed by atoms with Crippen LogP contribution in [0.3, 0.4) is 0 Å². The minimum atomic E-state index is -2.98. The first-order chi connectivity index (χ1) is 11.6. The normalized spacial score (nSPS) is 19.5. The van der Waals surface area contributed by atoms with Crippen LogP contribution >= 0.6 is 0 Å². The molecule has 0 bridgehead atoms. The molecule has 9 heteroatoms. The molecule has 0 saturated carbocycles. The van der Waals surface area contributed by atoms with Crippen LogP contribution in [0.1, 0.15) is 23.4 Å². The molecule has 0 radical (unpaired) electrons. The summed E-state index contributed by atoms with van der Waals surface area (Å²) in [5.41, 5.74) is 2.84. The number of carbonyl (C=O) groups is 1. The predicted octanol–water partition coefficient (Wildman–Crippen LogP) is -0.523. The SMILES string of the molecule is Cc1nn(C)c(C)c1CN(CCO)C(=O)CN(C)[C@H]1CCS(=O)(=O)C1. The molecule has 25 heavy (non-hydrogen) atoms. The number of hydrogen-bond acceptors (Lipinski definition) is 6. The second kappa shape index (κ2) is 7.84. The van der Waals surface area contributed by atoms with E-state index in [2.05, 4.69) is 5.10 Å². The van der Waals surface area contributed by atoms with E-state index in [0.717, 1.165) is 17.0 Å². The van der Waals surface area contributed by atoms with Gasteiger partial charge in [-0.1, -0.05) is 0 Å². The first-order valence-electron chi connectivity index (χ1n) is 8.43. The average molecular weight is 372 g/mol. The topological polar surface area (TPSA) is 95.7 Å². The Balaban J connectivity index is 2.05. The molecular formula is C16H28N4O4S. The molecule has 0 unspecified atom stereocenters. The van der Waals surface area contributed by atoms with Crippen molar-refractivity contribution >= 4 is 15.7 Å². The first-order valence-corrected chi connectivity index (χ1v) is 10.2. The van der Waals surface area contributed by atoms with Crippen molar-refractivity contribution in [2.45, 2.75) is 32.9 Å². The van der Waals surface area contributed by atoms with Crippen molar-refractivity contribution < 1.29 is 18.3 Å². The smallest absolute Gasteiger partial charge is 0.237 e. The summed E-state index contributed by atoms with van der Waals surface area (Å²) < 4.78 is 25.0. The second-order valence-electron chi connectivity index (χ2n) is 6.78. The van der Waals surface area contributed by atoms with Crippen molar-refractivity contribution in [1.82, 2.24) is 19.6 Å². The highest BCUT2D eigenvalue weighted by atomic mass is 32.2. The van der Waals surface area contributed by atoms with E-state index in [1.54, 1.807) is 21.5 Å². The fraction of sp³-hybridized carbons (Fsp3) is 0.750. The number of aromatic nitrogens is 2. The molecule has 1 aromatic heterocycles. The standard InChI is InChI=1S/C16H28N4O4S/c1-12-15(13(2)19(4)17-12)9-20(6-7-21)16(22)10-18(3)14-5-8-25(23,24)11-14/h14,21H,5-11H2,1-4H3/t14-/m0/s1. The fourth-order valence-corrected chi connectivity index (χ4v) is 5.02. The molecule has 1 aromatic rings. The van der Waals surface area contributed by atoms with Gasteiger partial charge in [-0.2, -0.15) is 5.10 Å². The molecule has 142 valence electrons. The maximum absolute atomic E-state index is 12.7. The molecule has 0 aliphatic carbocycles. The summed E-state index contributed by atoms with van der Waals surface area (Å²) in [7, 11) is 0.657. The molecule has 1 aliphatic rings. The number of sulfone groups is 1. The van der Waals surface area contributed by atoms with Crippen molar-refractivity contribution in [2.75, 3.05) is 38.2 Å². The minimum Gasteiger partial charge on any atom is -0.395 e. The van der Waals surface area contributed by atoms with E-state index >= 15 is 0 Å². The largest absolute Gasteiger partial charge is 0.395 e. The van der Waals surface area contributed by atoms with Gasteiger partial charge in [0.2, 0.25) is 5.91 Å². The second-order valence-corrected chi connectivity index (χ2v) is 9.01. The van der Waals surface area contributed by atoms with Gasteiger partial charge in [0.05, 0.1) is 30.4 Å². The van der Waals surface area contributed by atoms with Crippen LogP contribution in [0.2, 0.25) is 0 Å². The molecular weight excluding hydrogens is 344 g/mol. The number of carbonyl (C=O) groups excluding carboxylic acids is 1. The van der Waals surface area contributed by atoms with E-state index in [-0.39, 0.29) is 43.2 Å². The van der Waals surface area contributed by atoms with E-state index in [0.29, 0.717) is 13.0 Å². The van der Waals surface area contributed by atoms with Gasteiger partial charge in [-0.3, -0.25) is 14.4 Å². The summed E-state index contributed by atoms with van der Waals surface area (Å²) in [5.74, 6) is 0.172. The van der Waals surface area contributed by atoms with Crippen molar-refractivity contribution in [3.8, 4) is 0 Å². The maximum atomic E-state index is 12.7. The summed E-state index contributed by atoms with van der Waals surface area (Å²) >= 11 is 0. The number of rotatable bonds is 7. The van der Waals surface area contributed by atoms with Crippen LogP contribution in [0.25, 0.3) is 0 Å². The number of aryl methyl sites for hydroxylation is 2. The van der Waals surface area contributed by atoms with E-state index in [1.165, 1.54) is 0 Å². The lowest BCUT2D eigenvalue weighted by Gasteiger charge is -2.27. The Morgan fingerprint density at radius 2 is 2.08 bits per heavy atom. The van der Waals surface area contributed by atoms with Crippen molar-refractivity contribution in [1.29, 1.82) is 0 Å². The van der Waals surface area contributed by atoms with Crippen LogP contribution in [0.4, 0.5) is 0 Å². The van der Waals surface area contributed by atoms with Gasteiger partial charge in [-0.15, -0.1) is 0 Å². The Hall–Kier alpha value is -1.45. The molecule has 2 rings (SSSR count). The first kappa shape index (κ1) is 19.9. The molecule has 1 atom stereocenters. The van der Waals surface area contributed by atoms with Crippen LogP contribution in [0, 0.1) is 13.8 Å². The Morgan fingerprint density at radius 3 is 2.56 bits per heavy atom. The van der Waals surface area contributed by atoms with Gasteiger partial charge in [0.15, 0.2) is 9.84 Å². The Labute approximate surface area is 149 Å². The van der Waals surface area contributed by atoms with E-state index in [1.807, 2.05) is 20.9 Å². The Kier molecular flexibility index (Phi) is 6.23. The molecule has 1 fully saturated rings. The van der Waals surface area contributed by atoms with E-state index < -0.39 is 9.84 Å². The molecule has 0 spiro atoms. The van der Waals surface area contributed by atoms with Gasteiger partial charge in [-0.05, 0) is 27.3 Å². The van der Waals surface area contributed by atoms with E-state index in [4.69, 9.17) is 0 Å². The lowest BCUT2D eigenvalue weighted by atomic mass is 10.1. The number of amides is 1. The maximum Gasteiger partial charge on any atom is 0.237 e. The lowest BCUT2D eigenvalue weighted by Crippen LogP contribution is -2.44. The van der Waals surface area contributed by atoms with Gasteiger partial charge in [0, 0.05) is 37.4 Å². The molecule has 1 aliphatic heterocycles. The predicted molar refractivity (Wildman–Crippen MR) is 94.9 cm³/mol. The van der Waals surface area contributed by atoms with Gasteiger partial charge in [0.25, 0.3) is 0 Å². The highest BCUT2D eigenvalue weighted by Gasteiger charge is 2.32. The Bertz CT molecular complexity index is 729. The minimum absolute atomic E-state index is 0.109. The van der Waals surface area contributed by atoms with Crippen molar-refractivity contribution in [3.05, 3.63) is 17.0 Å². The Morgan fingerprint density at radius 1 is 1.40 bits per heavy atom. The number of nitrogens with zero attached hydrogens (tertiary/aromatic N) is 4. The summed E-state index contributed by atoms with van der Waals surface area (Å²) in [6.45, 7) is 4.50. The number of likely N-dealkylation sites (N-methyl/N-ethyl adjacent to an activating group) is 1. The third-order valence-corrected chi connectivity index (χ3v) is 6.70. The average Bonchev–Trinajstić information content (AvgIpc) is 3.00. The number of aliphatic hydroxyl groups excluding tert-OH is 1. The van der Waals surface area contributed by atoms with Crippen LogP contribution in [0.15, 0.2) is 0 Å². The van der Waals surface area contributed by atoms with Crippen molar-refractivity contribution in [2.24, 2.45) is 7.05 Å². The monoisotopic (exact) mass is 372 g/mol. The summed E-state index contributed by atoms with van der Waals surface area (Å²) in [6.07, 6.45) is 0.562. The molecule has 1 amide bonds. The quantitative estimate of drug-likeness (QED) is 0.692. The van der Waals surface area contributed by atoms with Gasteiger partial charge >= 0.3 is 0 Å². The van der Waals surface area contributed by atoms with E-state index in [9.17, 15) is 18.3 Å². The van der Waals surface area contributed by atoms with Gasteiger partial charge in [-0.25, -0.2) is 8.42 Å². The fourth-order valence-electron chi connectivity index (χ4n) is 3.22. The molecule has 1 saturated heterocycles. The molecule has 0 aromatic carbocycles. The van der Waals surface area contributed by atoms with Crippen LogP contribution in [-0.2, 0) is 28.2 Å². The molecule has 1 N–H and O–H groups in total. The summed E-state index contributed by atoms with van der Waals surface area (Å²) in [4.78, 5) is 16.1. The zero-order chi connectivity index (χ0) is 18.8. The summed E-state index contributed by atoms with van der Waals surface area (Å²) in [5, 5.41) is 13.7. The van der Waals surface area contributed by atoms with Crippen molar-refractivity contribution in [3.63, 3.8) is 0 Å². The van der Waals surface area contributed by atoms with Crippen LogP contribution in [-0.4, -0.2) is 83.3 Å². The number of aliphatic hydroxyl groups is 1. The number of hydrogen-bond donors (Lipinski definition) is 1. The van der Waals surface area contributed by atoms with Gasteiger partial charge in [0.1, 0.15) is 0 Å². The highest BCUT2D eigenvalue weighted by Crippen LogP contribution is 2.18. The van der Waals surface area contributed by atoms with Crippen LogP contribution < -0.4 is 0 Å². The third-order valence-electron chi connectivity index (χ3n) is 4.95. The lowest BCUT2D eigenvalue weighted by molar-refractivity contribution is -0.133. The third kappa shape index (κ3) is 4.80.